The van der Waals surface area contributed by atoms with Crippen LogP contribution in [-0.2, 0) is 4.79 Å². The number of carbonyl (C=O) groups excluding carboxylic acids is 2. The highest BCUT2D eigenvalue weighted by Crippen LogP contribution is 2.31. The molecule has 3 aromatic rings. The van der Waals surface area contributed by atoms with Crippen LogP contribution < -0.4 is 10.6 Å². The molecule has 0 radical (unpaired) electrons. The van der Waals surface area contributed by atoms with E-state index >= 15 is 0 Å². The Morgan fingerprint density at radius 1 is 1.04 bits per heavy atom. The molecule has 144 valence electrons. The summed E-state index contributed by atoms with van der Waals surface area (Å²) in [6.45, 7) is 3.47. The summed E-state index contributed by atoms with van der Waals surface area (Å²) in [7, 11) is 0. The molecule has 0 spiro atoms. The van der Waals surface area contributed by atoms with E-state index in [4.69, 9.17) is 0 Å². The number of nitrogens with zero attached hydrogens (tertiary/aromatic N) is 1. The van der Waals surface area contributed by atoms with Crippen molar-refractivity contribution in [3.05, 3.63) is 70.1 Å². The predicted molar refractivity (Wildman–Crippen MR) is 104 cm³/mol. The Bertz CT molecular complexity index is 1030. The lowest BCUT2D eigenvalue weighted by Gasteiger charge is -2.05. The van der Waals surface area contributed by atoms with E-state index in [0.717, 1.165) is 22.6 Å². The maximum absolute atomic E-state index is 13.4. The first-order valence-electron chi connectivity index (χ1n) is 8.41. The van der Waals surface area contributed by atoms with Gasteiger partial charge in [-0.3, -0.25) is 9.59 Å². The molecule has 2 aromatic carbocycles. The molecule has 1 aromatic heterocycles. The summed E-state index contributed by atoms with van der Waals surface area (Å²) in [6.07, 6.45) is 0. The normalized spacial score (nSPS) is 10.6. The summed E-state index contributed by atoms with van der Waals surface area (Å²) >= 11 is 1.21. The Morgan fingerprint density at radius 2 is 1.75 bits per heavy atom. The van der Waals surface area contributed by atoms with Gasteiger partial charge >= 0.3 is 0 Å². The number of rotatable bonds is 5. The molecule has 0 aliphatic carbocycles. The monoisotopic (exact) mass is 401 g/mol. The maximum atomic E-state index is 13.4. The molecule has 0 saturated carbocycles. The molecule has 0 aliphatic heterocycles. The van der Waals surface area contributed by atoms with Gasteiger partial charge in [0.15, 0.2) is 16.8 Å². The molecule has 8 heteroatoms. The molecule has 28 heavy (non-hydrogen) atoms. The second-order valence-corrected chi connectivity index (χ2v) is 7.35. The quantitative estimate of drug-likeness (QED) is 0.677. The zero-order valence-electron chi connectivity index (χ0n) is 15.2. The zero-order chi connectivity index (χ0) is 20.3. The van der Waals surface area contributed by atoms with Crippen LogP contribution in [0, 0.1) is 25.5 Å². The number of amides is 2. The van der Waals surface area contributed by atoms with Crippen LogP contribution in [-0.4, -0.2) is 23.3 Å². The minimum atomic E-state index is -0.964. The molecule has 0 saturated heterocycles. The smallest absolute Gasteiger partial charge is 0.251 e. The third-order valence-corrected chi connectivity index (χ3v) is 4.85. The second-order valence-electron chi connectivity index (χ2n) is 6.15. The topological polar surface area (TPSA) is 71.1 Å². The first-order valence-corrected chi connectivity index (χ1v) is 9.22. The van der Waals surface area contributed by atoms with Crippen LogP contribution in [0.1, 0.15) is 20.8 Å². The number of benzene rings is 2. The number of aromatic nitrogens is 1. The van der Waals surface area contributed by atoms with Gasteiger partial charge in [0.1, 0.15) is 0 Å². The molecule has 0 unspecified atom stereocenters. The van der Waals surface area contributed by atoms with E-state index in [2.05, 4.69) is 15.6 Å². The van der Waals surface area contributed by atoms with Crippen molar-refractivity contribution < 1.29 is 18.4 Å². The molecule has 0 bridgehead atoms. The van der Waals surface area contributed by atoms with Gasteiger partial charge in [0.2, 0.25) is 5.91 Å². The largest absolute Gasteiger partial charge is 0.343 e. The van der Waals surface area contributed by atoms with Crippen LogP contribution in [0.2, 0.25) is 0 Å². The molecule has 0 aliphatic rings. The van der Waals surface area contributed by atoms with Crippen molar-refractivity contribution in [2.45, 2.75) is 13.8 Å². The molecular weight excluding hydrogens is 384 g/mol. The van der Waals surface area contributed by atoms with Gasteiger partial charge in [-0.05, 0) is 44.2 Å². The van der Waals surface area contributed by atoms with Crippen molar-refractivity contribution in [3.8, 4) is 11.3 Å². The fourth-order valence-corrected chi connectivity index (χ4v) is 3.34. The van der Waals surface area contributed by atoms with Crippen LogP contribution in [0.15, 0.2) is 42.5 Å². The summed E-state index contributed by atoms with van der Waals surface area (Å²) in [5, 5.41) is 5.45. The first-order chi connectivity index (χ1) is 13.3. The van der Waals surface area contributed by atoms with E-state index in [0.29, 0.717) is 22.0 Å². The van der Waals surface area contributed by atoms with Crippen molar-refractivity contribution in [2.75, 3.05) is 11.9 Å². The Labute approximate surface area is 164 Å². The third kappa shape index (κ3) is 4.58. The summed E-state index contributed by atoms with van der Waals surface area (Å²) in [6, 6.07) is 10.5. The molecule has 2 N–H and O–H groups in total. The maximum Gasteiger partial charge on any atom is 0.251 e. The Kier molecular flexibility index (Phi) is 5.79. The number of anilines is 1. The van der Waals surface area contributed by atoms with Crippen molar-refractivity contribution in [2.24, 2.45) is 0 Å². The number of thiazole rings is 1. The van der Waals surface area contributed by atoms with Crippen LogP contribution in [0.25, 0.3) is 11.3 Å². The van der Waals surface area contributed by atoms with Crippen LogP contribution in [0.4, 0.5) is 13.9 Å². The predicted octanol–water partition coefficient (Wildman–Crippen LogP) is 4.07. The van der Waals surface area contributed by atoms with E-state index < -0.39 is 17.5 Å². The fraction of sp³-hybridized carbons (Fsp3) is 0.150. The highest BCUT2D eigenvalue weighted by Gasteiger charge is 2.14. The number of carbonyl (C=O) groups is 2. The number of hydrogen-bond donors (Lipinski definition) is 2. The summed E-state index contributed by atoms with van der Waals surface area (Å²) in [4.78, 5) is 29.1. The molecule has 5 nitrogen and oxygen atoms in total. The van der Waals surface area contributed by atoms with E-state index in [-0.39, 0.29) is 12.5 Å². The van der Waals surface area contributed by atoms with Crippen molar-refractivity contribution in [1.82, 2.24) is 10.3 Å². The van der Waals surface area contributed by atoms with Crippen molar-refractivity contribution in [3.63, 3.8) is 0 Å². The first kappa shape index (κ1) is 19.6. The van der Waals surface area contributed by atoms with Gasteiger partial charge in [0.25, 0.3) is 5.91 Å². The van der Waals surface area contributed by atoms with Crippen LogP contribution in [0.3, 0.4) is 0 Å². The van der Waals surface area contributed by atoms with Crippen LogP contribution >= 0.6 is 11.3 Å². The van der Waals surface area contributed by atoms with E-state index in [9.17, 15) is 18.4 Å². The summed E-state index contributed by atoms with van der Waals surface area (Å²) in [5.74, 6) is -2.69. The van der Waals surface area contributed by atoms with Crippen LogP contribution in [0.5, 0.6) is 0 Å². The van der Waals surface area contributed by atoms with Gasteiger partial charge in [0.05, 0.1) is 12.2 Å². The third-order valence-electron chi connectivity index (χ3n) is 3.96. The lowest BCUT2D eigenvalue weighted by Crippen LogP contribution is -2.32. The molecule has 2 amide bonds. The minimum absolute atomic E-state index is 0.216. The van der Waals surface area contributed by atoms with E-state index in [1.165, 1.54) is 17.4 Å². The number of hydrogen-bond acceptors (Lipinski definition) is 4. The van der Waals surface area contributed by atoms with Gasteiger partial charge in [-0.1, -0.05) is 17.7 Å². The summed E-state index contributed by atoms with van der Waals surface area (Å²) in [5.41, 5.74) is 2.37. The highest BCUT2D eigenvalue weighted by atomic mass is 32.1. The standard InChI is InChI=1S/C20H17F2N3O2S/c1-11-3-5-13(6-4-11)19(27)23-10-17(26)24-20-25-18(12(2)28-20)14-7-8-15(21)16(22)9-14/h3-9H,10H2,1-2H3,(H,23,27)(H,24,25,26). The zero-order valence-corrected chi connectivity index (χ0v) is 16.0. The lowest BCUT2D eigenvalue weighted by atomic mass is 10.1. The summed E-state index contributed by atoms with van der Waals surface area (Å²) < 4.78 is 26.5. The molecule has 0 fully saturated rings. The van der Waals surface area contributed by atoms with Gasteiger partial charge < -0.3 is 10.6 Å². The van der Waals surface area contributed by atoms with Gasteiger partial charge in [-0.15, -0.1) is 11.3 Å². The minimum Gasteiger partial charge on any atom is -0.343 e. The van der Waals surface area contributed by atoms with Gasteiger partial charge in [-0.25, -0.2) is 13.8 Å². The molecular formula is C20H17F2N3O2S. The number of aryl methyl sites for hydroxylation is 2. The highest BCUT2D eigenvalue weighted by molar-refractivity contribution is 7.16. The number of nitrogens with one attached hydrogen (secondary N) is 2. The van der Waals surface area contributed by atoms with E-state index in [1.807, 2.05) is 19.1 Å². The Balaban J connectivity index is 1.62. The Hall–Kier alpha value is -3.13. The number of halogens is 2. The van der Waals surface area contributed by atoms with E-state index in [1.54, 1.807) is 19.1 Å². The second kappa shape index (κ2) is 8.26. The molecule has 3 rings (SSSR count). The van der Waals surface area contributed by atoms with Gasteiger partial charge in [0, 0.05) is 16.0 Å². The van der Waals surface area contributed by atoms with Crippen molar-refractivity contribution >= 4 is 28.3 Å². The van der Waals surface area contributed by atoms with Gasteiger partial charge in [-0.2, -0.15) is 0 Å². The SMILES string of the molecule is Cc1ccc(C(=O)NCC(=O)Nc2nc(-c3ccc(F)c(F)c3)c(C)s2)cc1. The average Bonchev–Trinajstić information content (AvgIpc) is 3.02. The average molecular weight is 401 g/mol. The molecule has 0 atom stereocenters. The fourth-order valence-electron chi connectivity index (χ4n) is 2.49. The lowest BCUT2D eigenvalue weighted by molar-refractivity contribution is -0.115. The molecule has 1 heterocycles. The van der Waals surface area contributed by atoms with Crippen molar-refractivity contribution in [1.29, 1.82) is 0 Å². The Morgan fingerprint density at radius 3 is 2.43 bits per heavy atom.